The molecule has 1 aromatic carbocycles. The summed E-state index contributed by atoms with van der Waals surface area (Å²) in [6, 6.07) is 5.53. The highest BCUT2D eigenvalue weighted by Crippen LogP contribution is 2.37. The lowest BCUT2D eigenvalue weighted by Gasteiger charge is -2.32. The van der Waals surface area contributed by atoms with E-state index in [1.807, 2.05) is 45.9 Å². The summed E-state index contributed by atoms with van der Waals surface area (Å²) in [6.07, 6.45) is 2.08. The summed E-state index contributed by atoms with van der Waals surface area (Å²) in [6.45, 7) is 7.94. The van der Waals surface area contributed by atoms with Crippen LogP contribution >= 0.6 is 11.6 Å². The minimum atomic E-state index is -0.587. The van der Waals surface area contributed by atoms with Crippen molar-refractivity contribution in [2.75, 3.05) is 7.11 Å². The van der Waals surface area contributed by atoms with Gasteiger partial charge in [-0.05, 0) is 27.7 Å². The van der Waals surface area contributed by atoms with Crippen LogP contribution in [0.4, 0.5) is 0 Å². The van der Waals surface area contributed by atoms with Crippen LogP contribution in [0.5, 0.6) is 5.88 Å². The van der Waals surface area contributed by atoms with Gasteiger partial charge in [0.05, 0.1) is 30.2 Å². The minimum absolute atomic E-state index is 0.134. The number of carbonyl (C=O) groups is 1. The highest BCUT2D eigenvalue weighted by molar-refractivity contribution is 6.66. The number of hydrogen-bond acceptors (Lipinski definition) is 6. The molecule has 0 radical (unpaired) electrons. The monoisotopic (exact) mass is 374 g/mol. The number of aromatic nitrogens is 2. The van der Waals surface area contributed by atoms with Gasteiger partial charge < -0.3 is 14.0 Å². The van der Waals surface area contributed by atoms with Crippen LogP contribution in [0.15, 0.2) is 24.4 Å². The molecule has 136 valence electrons. The van der Waals surface area contributed by atoms with E-state index in [1.165, 1.54) is 13.3 Å². The van der Waals surface area contributed by atoms with Gasteiger partial charge in [0.1, 0.15) is 0 Å². The van der Waals surface area contributed by atoms with E-state index in [1.54, 1.807) is 0 Å². The molecular weight excluding hydrogens is 354 g/mol. The molecule has 0 N–H and O–H groups in total. The Morgan fingerprint density at radius 1 is 1.19 bits per heavy atom. The first-order valence-corrected chi connectivity index (χ1v) is 8.58. The molecule has 1 aliphatic heterocycles. The number of ether oxygens (including phenoxy) is 1. The van der Waals surface area contributed by atoms with Crippen LogP contribution < -0.4 is 10.2 Å². The van der Waals surface area contributed by atoms with Crippen molar-refractivity contribution in [3.63, 3.8) is 0 Å². The molecule has 1 fully saturated rings. The summed E-state index contributed by atoms with van der Waals surface area (Å²) in [5.74, 6) is 0.148. The molecule has 0 saturated carbocycles. The van der Waals surface area contributed by atoms with Crippen LogP contribution in [0.25, 0.3) is 11.3 Å². The number of methoxy groups -OCH3 is 1. The molecule has 0 atom stereocenters. The summed E-state index contributed by atoms with van der Waals surface area (Å²) in [7, 11) is 0.847. The highest BCUT2D eigenvalue weighted by atomic mass is 35.5. The maximum Gasteiger partial charge on any atom is 0.496 e. The molecule has 0 spiro atoms. The molecule has 0 unspecified atom stereocenters. The van der Waals surface area contributed by atoms with Crippen LogP contribution in [0.3, 0.4) is 0 Å². The second kappa shape index (κ2) is 6.65. The average Bonchev–Trinajstić information content (AvgIpc) is 2.82. The summed E-state index contributed by atoms with van der Waals surface area (Å²) < 4.78 is 17.3. The van der Waals surface area contributed by atoms with E-state index in [2.05, 4.69) is 9.97 Å². The quantitative estimate of drug-likeness (QED) is 0.605. The first-order chi connectivity index (χ1) is 12.2. The number of rotatable bonds is 4. The maximum atomic E-state index is 11.0. The topological polar surface area (TPSA) is 70.5 Å². The van der Waals surface area contributed by atoms with Crippen molar-refractivity contribution in [3.05, 3.63) is 35.1 Å². The molecule has 0 amide bonds. The summed E-state index contributed by atoms with van der Waals surface area (Å²) in [5.41, 5.74) is 1.06. The van der Waals surface area contributed by atoms with Gasteiger partial charge in [-0.1, -0.05) is 29.8 Å². The first kappa shape index (κ1) is 18.8. The van der Waals surface area contributed by atoms with E-state index in [0.717, 1.165) is 0 Å². The first-order valence-electron chi connectivity index (χ1n) is 8.21. The second-order valence-electron chi connectivity index (χ2n) is 7.06. The van der Waals surface area contributed by atoms with E-state index in [9.17, 15) is 4.79 Å². The van der Waals surface area contributed by atoms with E-state index in [4.69, 9.17) is 25.6 Å². The van der Waals surface area contributed by atoms with Gasteiger partial charge in [0.15, 0.2) is 12.0 Å². The third kappa shape index (κ3) is 3.11. The Morgan fingerprint density at radius 3 is 2.42 bits per heavy atom. The van der Waals surface area contributed by atoms with Crippen molar-refractivity contribution in [2.24, 2.45) is 0 Å². The van der Waals surface area contributed by atoms with Crippen LogP contribution in [0.2, 0.25) is 5.02 Å². The van der Waals surface area contributed by atoms with Gasteiger partial charge in [-0.15, -0.1) is 0 Å². The zero-order chi connectivity index (χ0) is 19.1. The fraction of sp³-hybridized carbons (Fsp3) is 0.389. The van der Waals surface area contributed by atoms with E-state index in [-0.39, 0.29) is 11.6 Å². The fourth-order valence-corrected chi connectivity index (χ4v) is 2.95. The van der Waals surface area contributed by atoms with E-state index in [0.29, 0.717) is 28.0 Å². The Labute approximate surface area is 158 Å². The Balaban J connectivity index is 2.03. The Bertz CT molecular complexity index is 841. The molecule has 2 aromatic rings. The summed E-state index contributed by atoms with van der Waals surface area (Å²) >= 11 is 6.64. The number of nitrogens with zero attached hydrogens (tertiary/aromatic N) is 2. The Kier molecular flexibility index (Phi) is 4.81. The standard InChI is InChI=1S/C18H20BClN2O4/c1-17(2)18(3,4)26-19(25-17)12-8-6-7-11(15(12)20)13-9-21-14(10-23)16(22-13)24-5/h6-10H,1-5H3. The molecule has 8 heteroatoms. The molecule has 26 heavy (non-hydrogen) atoms. The maximum absolute atomic E-state index is 11.0. The van der Waals surface area contributed by atoms with E-state index < -0.39 is 18.3 Å². The number of hydrogen-bond donors (Lipinski definition) is 0. The normalized spacial score (nSPS) is 18.0. The van der Waals surface area contributed by atoms with Crippen molar-refractivity contribution >= 4 is 30.5 Å². The van der Waals surface area contributed by atoms with Gasteiger partial charge in [0, 0.05) is 16.0 Å². The third-order valence-corrected chi connectivity index (χ3v) is 5.31. The lowest BCUT2D eigenvalue weighted by molar-refractivity contribution is 0.00578. The van der Waals surface area contributed by atoms with Crippen molar-refractivity contribution in [1.29, 1.82) is 0 Å². The van der Waals surface area contributed by atoms with E-state index >= 15 is 0 Å². The molecule has 1 saturated heterocycles. The van der Waals surface area contributed by atoms with Gasteiger partial charge in [-0.25, -0.2) is 9.97 Å². The fourth-order valence-electron chi connectivity index (χ4n) is 2.64. The smallest absolute Gasteiger partial charge is 0.479 e. The predicted octanol–water partition coefficient (Wildman–Crippen LogP) is 2.92. The Morgan fingerprint density at radius 2 is 1.85 bits per heavy atom. The highest BCUT2D eigenvalue weighted by Gasteiger charge is 2.52. The molecule has 2 heterocycles. The predicted molar refractivity (Wildman–Crippen MR) is 100 cm³/mol. The third-order valence-electron chi connectivity index (χ3n) is 4.88. The van der Waals surface area contributed by atoms with Gasteiger partial charge >= 0.3 is 7.12 Å². The molecule has 6 nitrogen and oxygen atoms in total. The number of halogens is 1. The van der Waals surface area contributed by atoms with Gasteiger partial charge in [0.25, 0.3) is 0 Å². The summed E-state index contributed by atoms with van der Waals surface area (Å²) in [5, 5.41) is 0.459. The van der Waals surface area contributed by atoms with Gasteiger partial charge in [-0.2, -0.15) is 0 Å². The zero-order valence-electron chi connectivity index (χ0n) is 15.4. The van der Waals surface area contributed by atoms with Crippen LogP contribution in [-0.4, -0.2) is 41.7 Å². The van der Waals surface area contributed by atoms with Crippen molar-refractivity contribution in [3.8, 4) is 17.1 Å². The number of benzene rings is 1. The average molecular weight is 375 g/mol. The lowest BCUT2D eigenvalue weighted by Crippen LogP contribution is -2.41. The summed E-state index contributed by atoms with van der Waals surface area (Å²) in [4.78, 5) is 19.4. The SMILES string of the molecule is COc1nc(-c2cccc(B3OC(C)(C)C(C)(C)O3)c2Cl)cnc1C=O. The molecule has 0 aliphatic carbocycles. The minimum Gasteiger partial charge on any atom is -0.479 e. The number of carbonyl (C=O) groups excluding carboxylic acids is 1. The molecule has 1 aliphatic rings. The van der Waals surface area contributed by atoms with Crippen molar-refractivity contribution < 1.29 is 18.8 Å². The van der Waals surface area contributed by atoms with Gasteiger partial charge in [0.2, 0.25) is 5.88 Å². The molecular formula is C18H20BClN2O4. The molecule has 0 bridgehead atoms. The second-order valence-corrected chi connectivity index (χ2v) is 7.44. The molecule has 1 aromatic heterocycles. The largest absolute Gasteiger partial charge is 0.496 e. The lowest BCUT2D eigenvalue weighted by atomic mass is 9.78. The van der Waals surface area contributed by atoms with Crippen LogP contribution in [0, 0.1) is 0 Å². The van der Waals surface area contributed by atoms with Gasteiger partial charge in [-0.3, -0.25) is 4.79 Å². The number of aldehydes is 1. The van der Waals surface area contributed by atoms with Crippen LogP contribution in [-0.2, 0) is 9.31 Å². The zero-order valence-corrected chi connectivity index (χ0v) is 16.1. The molecule has 3 rings (SSSR count). The van der Waals surface area contributed by atoms with Crippen LogP contribution in [0.1, 0.15) is 38.2 Å². The van der Waals surface area contributed by atoms with Crippen molar-refractivity contribution in [2.45, 2.75) is 38.9 Å². The van der Waals surface area contributed by atoms with Crippen molar-refractivity contribution in [1.82, 2.24) is 9.97 Å². The Hall–Kier alpha value is -1.96.